The van der Waals surface area contributed by atoms with Crippen LogP contribution in [-0.4, -0.2) is 35.4 Å². The standard InChI is InChI=1S/C21H24N4O4S/c1-12-13(2)30-21-19(12)20(28)24-16(25-21)8-9-17(26)23-11-18(27)22-10-14-4-6-15(29-3)7-5-14/h4-7H,8-11H2,1-3H3,(H,22,27)(H,23,26)(H,24,25,28). The van der Waals surface area contributed by atoms with Crippen molar-refractivity contribution in [1.82, 2.24) is 20.6 Å². The first kappa shape index (κ1) is 21.5. The second-order valence-corrected chi connectivity index (χ2v) is 8.08. The summed E-state index contributed by atoms with van der Waals surface area (Å²) in [6, 6.07) is 7.35. The number of nitrogens with zero attached hydrogens (tertiary/aromatic N) is 1. The highest BCUT2D eigenvalue weighted by Gasteiger charge is 2.13. The summed E-state index contributed by atoms with van der Waals surface area (Å²) in [6.07, 6.45) is 0.421. The quantitative estimate of drug-likeness (QED) is 0.508. The molecule has 1 aromatic carbocycles. The van der Waals surface area contributed by atoms with Gasteiger partial charge in [0.25, 0.3) is 5.56 Å². The average molecular weight is 429 g/mol. The van der Waals surface area contributed by atoms with Crippen LogP contribution in [0.3, 0.4) is 0 Å². The molecule has 0 aliphatic carbocycles. The number of hydrogen-bond acceptors (Lipinski definition) is 6. The zero-order chi connectivity index (χ0) is 21.7. The van der Waals surface area contributed by atoms with E-state index in [0.717, 1.165) is 21.8 Å². The topological polar surface area (TPSA) is 113 Å². The number of carbonyl (C=O) groups is 2. The Labute approximate surface area is 177 Å². The summed E-state index contributed by atoms with van der Waals surface area (Å²) in [4.78, 5) is 45.2. The Morgan fingerprint density at radius 2 is 1.87 bits per heavy atom. The summed E-state index contributed by atoms with van der Waals surface area (Å²) in [6.45, 7) is 4.11. The van der Waals surface area contributed by atoms with Crippen LogP contribution in [0.25, 0.3) is 10.2 Å². The third-order valence-corrected chi connectivity index (χ3v) is 5.87. The van der Waals surface area contributed by atoms with Crippen molar-refractivity contribution >= 4 is 33.4 Å². The van der Waals surface area contributed by atoms with Crippen molar-refractivity contribution in [1.29, 1.82) is 0 Å². The molecule has 158 valence electrons. The number of thiophene rings is 1. The monoisotopic (exact) mass is 428 g/mol. The van der Waals surface area contributed by atoms with Crippen LogP contribution >= 0.6 is 11.3 Å². The van der Waals surface area contributed by atoms with Crippen molar-refractivity contribution in [3.8, 4) is 5.75 Å². The largest absolute Gasteiger partial charge is 0.497 e. The van der Waals surface area contributed by atoms with Gasteiger partial charge >= 0.3 is 0 Å². The van der Waals surface area contributed by atoms with Crippen LogP contribution < -0.4 is 20.9 Å². The minimum absolute atomic E-state index is 0.110. The Hall–Kier alpha value is -3.20. The molecular weight excluding hydrogens is 404 g/mol. The molecule has 0 radical (unpaired) electrons. The number of hydrogen-bond donors (Lipinski definition) is 3. The molecule has 3 N–H and O–H groups in total. The fraction of sp³-hybridized carbons (Fsp3) is 0.333. The van der Waals surface area contributed by atoms with Gasteiger partial charge in [0.2, 0.25) is 11.8 Å². The van der Waals surface area contributed by atoms with Crippen LogP contribution in [0.15, 0.2) is 29.1 Å². The van der Waals surface area contributed by atoms with Crippen molar-refractivity contribution in [2.45, 2.75) is 33.2 Å². The van der Waals surface area contributed by atoms with E-state index in [1.807, 2.05) is 38.1 Å². The molecule has 3 rings (SSSR count). The smallest absolute Gasteiger partial charge is 0.259 e. The third-order valence-electron chi connectivity index (χ3n) is 4.77. The number of benzene rings is 1. The molecule has 2 heterocycles. The van der Waals surface area contributed by atoms with Crippen molar-refractivity contribution in [3.63, 3.8) is 0 Å². The van der Waals surface area contributed by atoms with E-state index in [9.17, 15) is 14.4 Å². The molecule has 0 saturated carbocycles. The van der Waals surface area contributed by atoms with E-state index in [4.69, 9.17) is 4.74 Å². The van der Waals surface area contributed by atoms with Crippen LogP contribution in [0.2, 0.25) is 0 Å². The van der Waals surface area contributed by atoms with Gasteiger partial charge in [-0.15, -0.1) is 11.3 Å². The minimum Gasteiger partial charge on any atom is -0.497 e. The maximum absolute atomic E-state index is 12.3. The van der Waals surface area contributed by atoms with Gasteiger partial charge in [-0.2, -0.15) is 0 Å². The van der Waals surface area contributed by atoms with Gasteiger partial charge in [-0.1, -0.05) is 12.1 Å². The van der Waals surface area contributed by atoms with Gasteiger partial charge in [-0.25, -0.2) is 4.98 Å². The zero-order valence-electron chi connectivity index (χ0n) is 17.1. The van der Waals surface area contributed by atoms with Crippen LogP contribution in [0, 0.1) is 13.8 Å². The van der Waals surface area contributed by atoms with Gasteiger partial charge in [0, 0.05) is 24.3 Å². The molecule has 0 unspecified atom stereocenters. The molecule has 9 heteroatoms. The van der Waals surface area contributed by atoms with Gasteiger partial charge in [0.15, 0.2) is 0 Å². The Morgan fingerprint density at radius 3 is 2.57 bits per heavy atom. The molecule has 0 atom stereocenters. The first-order chi connectivity index (χ1) is 14.4. The lowest BCUT2D eigenvalue weighted by molar-refractivity contribution is -0.126. The Bertz CT molecular complexity index is 1120. The Kier molecular flexibility index (Phi) is 6.83. The normalized spacial score (nSPS) is 10.8. The molecule has 0 saturated heterocycles. The van der Waals surface area contributed by atoms with E-state index in [2.05, 4.69) is 20.6 Å². The van der Waals surface area contributed by atoms with Crippen LogP contribution in [-0.2, 0) is 22.6 Å². The molecular formula is C21H24N4O4S. The number of methoxy groups -OCH3 is 1. The second kappa shape index (κ2) is 9.53. The number of aromatic nitrogens is 2. The number of amides is 2. The highest BCUT2D eigenvalue weighted by Crippen LogP contribution is 2.25. The van der Waals surface area contributed by atoms with Crippen molar-refractivity contribution < 1.29 is 14.3 Å². The zero-order valence-corrected chi connectivity index (χ0v) is 17.9. The van der Waals surface area contributed by atoms with Gasteiger partial charge in [0.05, 0.1) is 19.0 Å². The summed E-state index contributed by atoms with van der Waals surface area (Å²) in [5, 5.41) is 5.94. The fourth-order valence-electron chi connectivity index (χ4n) is 2.92. The van der Waals surface area contributed by atoms with E-state index < -0.39 is 0 Å². The molecule has 0 fully saturated rings. The molecule has 0 aliphatic rings. The summed E-state index contributed by atoms with van der Waals surface area (Å²) >= 11 is 1.47. The van der Waals surface area contributed by atoms with Crippen molar-refractivity contribution in [3.05, 3.63) is 56.4 Å². The van der Waals surface area contributed by atoms with Crippen molar-refractivity contribution in [2.75, 3.05) is 13.7 Å². The number of carbonyl (C=O) groups excluding carboxylic acids is 2. The lowest BCUT2D eigenvalue weighted by Crippen LogP contribution is -2.36. The lowest BCUT2D eigenvalue weighted by Gasteiger charge is -2.08. The second-order valence-electron chi connectivity index (χ2n) is 6.88. The van der Waals surface area contributed by atoms with E-state index >= 15 is 0 Å². The van der Waals surface area contributed by atoms with Gasteiger partial charge in [0.1, 0.15) is 16.4 Å². The predicted octanol–water partition coefficient (Wildman–Crippen LogP) is 1.98. The van der Waals surface area contributed by atoms with E-state index in [0.29, 0.717) is 29.0 Å². The molecule has 8 nitrogen and oxygen atoms in total. The molecule has 30 heavy (non-hydrogen) atoms. The number of fused-ring (bicyclic) bond motifs is 1. The summed E-state index contributed by atoms with van der Waals surface area (Å²) in [5.74, 6) is 0.650. The predicted molar refractivity (Wildman–Crippen MR) is 116 cm³/mol. The number of nitrogens with one attached hydrogen (secondary N) is 3. The van der Waals surface area contributed by atoms with Crippen LogP contribution in [0.1, 0.15) is 28.2 Å². The summed E-state index contributed by atoms with van der Waals surface area (Å²) in [5.41, 5.74) is 1.68. The maximum Gasteiger partial charge on any atom is 0.259 e. The number of ether oxygens (including phenoxy) is 1. The number of rotatable bonds is 8. The molecule has 3 aromatic rings. The number of aryl methyl sites for hydroxylation is 3. The van der Waals surface area contributed by atoms with Gasteiger partial charge in [-0.3, -0.25) is 14.4 Å². The molecule has 0 bridgehead atoms. The highest BCUT2D eigenvalue weighted by atomic mass is 32.1. The Balaban J connectivity index is 1.44. The fourth-order valence-corrected chi connectivity index (χ4v) is 3.97. The molecule has 2 amide bonds. The molecule has 0 spiro atoms. The first-order valence-corrected chi connectivity index (χ1v) is 10.3. The van der Waals surface area contributed by atoms with E-state index in [1.54, 1.807) is 7.11 Å². The third kappa shape index (κ3) is 5.24. The van der Waals surface area contributed by atoms with Gasteiger partial charge < -0.3 is 20.4 Å². The van der Waals surface area contributed by atoms with E-state index in [-0.39, 0.29) is 30.3 Å². The van der Waals surface area contributed by atoms with Gasteiger partial charge in [-0.05, 0) is 37.1 Å². The number of aromatic amines is 1. The highest BCUT2D eigenvalue weighted by molar-refractivity contribution is 7.18. The number of H-pyrrole nitrogens is 1. The molecule has 0 aliphatic heterocycles. The lowest BCUT2D eigenvalue weighted by atomic mass is 10.2. The molecule has 2 aromatic heterocycles. The average Bonchev–Trinajstić information content (AvgIpc) is 3.03. The first-order valence-electron chi connectivity index (χ1n) is 9.52. The minimum atomic E-state index is -0.282. The maximum atomic E-state index is 12.3. The van der Waals surface area contributed by atoms with Crippen LogP contribution in [0.5, 0.6) is 5.75 Å². The Morgan fingerprint density at radius 1 is 1.13 bits per heavy atom. The summed E-state index contributed by atoms with van der Waals surface area (Å²) in [7, 11) is 1.59. The van der Waals surface area contributed by atoms with E-state index in [1.165, 1.54) is 11.3 Å². The SMILES string of the molecule is COc1ccc(CNC(=O)CNC(=O)CCc2nc3sc(C)c(C)c3c(=O)[nH]2)cc1. The van der Waals surface area contributed by atoms with Crippen molar-refractivity contribution in [2.24, 2.45) is 0 Å². The van der Waals surface area contributed by atoms with Crippen LogP contribution in [0.4, 0.5) is 0 Å². The summed E-state index contributed by atoms with van der Waals surface area (Å²) < 4.78 is 5.09.